The summed E-state index contributed by atoms with van der Waals surface area (Å²) in [6.07, 6.45) is 11.0. The second-order valence-electron chi connectivity index (χ2n) is 15.1. The number of hydrogen-bond acceptors (Lipinski definition) is 10. The van der Waals surface area contributed by atoms with Crippen molar-refractivity contribution < 1.29 is 38.4 Å². The smallest absolute Gasteiger partial charge is 0.146 e. The van der Waals surface area contributed by atoms with Gasteiger partial charge in [-0.25, -0.2) is 0 Å². The first kappa shape index (κ1) is 49.5. The maximum Gasteiger partial charge on any atom is 0.146 e. The normalized spacial score (nSPS) is 11.6. The van der Waals surface area contributed by atoms with E-state index in [9.17, 15) is 38.4 Å². The molecule has 286 valence electrons. The number of carbonyl (C=O) groups excluding carboxylic acids is 8. The molecule has 0 fully saturated rings. The number of ketones is 8. The maximum absolute atomic E-state index is 12.9. The van der Waals surface area contributed by atoms with Crippen LogP contribution in [0.25, 0.3) is 0 Å². The summed E-state index contributed by atoms with van der Waals surface area (Å²) in [5.74, 6) is -0.427. The second kappa shape index (κ2) is 29.9. The van der Waals surface area contributed by atoms with Gasteiger partial charge in [0.2, 0.25) is 0 Å². The third-order valence-electron chi connectivity index (χ3n) is 8.85. The van der Waals surface area contributed by atoms with Crippen LogP contribution in [0, 0.1) is 5.41 Å². The minimum Gasteiger partial charge on any atom is -0.301 e. The molecule has 0 N–H and O–H groups in total. The van der Waals surface area contributed by atoms with Gasteiger partial charge in [-0.05, 0) is 57.5 Å². The molecule has 0 saturated heterocycles. The molecule has 52 heavy (non-hydrogen) atoms. The van der Waals surface area contributed by atoms with Gasteiger partial charge in [0, 0.05) is 43.9 Å². The lowest BCUT2D eigenvalue weighted by Gasteiger charge is -2.20. The summed E-state index contributed by atoms with van der Waals surface area (Å²) in [6, 6.07) is 0. The van der Waals surface area contributed by atoms with Gasteiger partial charge in [0.15, 0.2) is 0 Å². The minimum atomic E-state index is -0.339. The summed E-state index contributed by atoms with van der Waals surface area (Å²) in [5, 5.41) is 0. The first-order valence-corrected chi connectivity index (χ1v) is 19.3. The fraction of sp³-hybridized carbons (Fsp3) is 0.795. The molecule has 13 heteroatoms. The largest absolute Gasteiger partial charge is 0.301 e. The zero-order valence-electron chi connectivity index (χ0n) is 32.5. The van der Waals surface area contributed by atoms with Crippen LogP contribution in [-0.4, -0.2) is 119 Å². The molecule has 0 aromatic rings. The van der Waals surface area contributed by atoms with Crippen molar-refractivity contribution in [1.82, 2.24) is 9.80 Å². The fourth-order valence-corrected chi connectivity index (χ4v) is 5.71. The fourth-order valence-electron chi connectivity index (χ4n) is 5.71. The minimum absolute atomic E-state index is 0.00202. The van der Waals surface area contributed by atoms with Gasteiger partial charge >= 0.3 is 0 Å². The quantitative estimate of drug-likeness (QED) is 0.0643. The van der Waals surface area contributed by atoms with E-state index in [4.69, 9.17) is 23.5 Å². The SMILES string of the molecule is [B]CC(=O)CCCCCC(=O)CN(CC(=O)CCCCCCCC(=O)CN(CC(=O)C[B])CC(=O)C[B])CC(=O)CCCCCCC(=O)C(C)(C)C. The third-order valence-corrected chi connectivity index (χ3v) is 8.85. The maximum atomic E-state index is 12.9. The van der Waals surface area contributed by atoms with Crippen molar-refractivity contribution in [3.8, 4) is 0 Å². The van der Waals surface area contributed by atoms with E-state index in [2.05, 4.69) is 0 Å². The third kappa shape index (κ3) is 28.0. The first-order chi connectivity index (χ1) is 24.6. The molecule has 6 radical (unpaired) electrons. The Balaban J connectivity index is 4.70. The van der Waals surface area contributed by atoms with Crippen molar-refractivity contribution in [2.24, 2.45) is 5.41 Å². The summed E-state index contributed by atoms with van der Waals surface area (Å²) >= 11 is 0. The summed E-state index contributed by atoms with van der Waals surface area (Å²) in [6.45, 7) is 5.70. The van der Waals surface area contributed by atoms with E-state index in [1.165, 1.54) is 4.90 Å². The van der Waals surface area contributed by atoms with Gasteiger partial charge in [-0.3, -0.25) is 43.4 Å². The zero-order chi connectivity index (χ0) is 39.4. The van der Waals surface area contributed by atoms with Crippen LogP contribution < -0.4 is 0 Å². The highest BCUT2D eigenvalue weighted by molar-refractivity contribution is 6.21. The lowest BCUT2D eigenvalue weighted by atomic mass is 9.88. The Morgan fingerprint density at radius 1 is 0.346 bits per heavy atom. The van der Waals surface area contributed by atoms with Crippen LogP contribution in [0.2, 0.25) is 19.0 Å². The Morgan fingerprint density at radius 3 is 0.865 bits per heavy atom. The summed E-state index contributed by atoms with van der Waals surface area (Å²) in [7, 11) is 16.1. The lowest BCUT2D eigenvalue weighted by molar-refractivity contribution is -0.127. The highest BCUT2D eigenvalue weighted by Gasteiger charge is 2.21. The second-order valence-corrected chi connectivity index (χ2v) is 15.1. The molecule has 0 amide bonds. The number of hydrogen-bond donors (Lipinski definition) is 0. The Kier molecular flexibility index (Phi) is 28.4. The molecule has 0 aliphatic rings. The van der Waals surface area contributed by atoms with Crippen molar-refractivity contribution in [2.45, 2.75) is 155 Å². The van der Waals surface area contributed by atoms with E-state index in [0.717, 1.165) is 44.9 Å². The van der Waals surface area contributed by atoms with Crippen molar-refractivity contribution in [3.63, 3.8) is 0 Å². The Hall–Kier alpha value is -2.53. The van der Waals surface area contributed by atoms with Gasteiger partial charge in [0.05, 0.1) is 62.8 Å². The molecule has 0 spiro atoms. The highest BCUT2D eigenvalue weighted by atomic mass is 16.2. The van der Waals surface area contributed by atoms with E-state index < -0.39 is 0 Å². The van der Waals surface area contributed by atoms with Crippen molar-refractivity contribution >= 4 is 69.8 Å². The van der Waals surface area contributed by atoms with Crippen LogP contribution in [-0.2, 0) is 38.4 Å². The zero-order valence-corrected chi connectivity index (χ0v) is 32.5. The molecule has 0 rings (SSSR count). The number of nitrogens with zero attached hydrogens (tertiary/aromatic N) is 2. The molecule has 0 aromatic carbocycles. The summed E-state index contributed by atoms with van der Waals surface area (Å²) in [5.41, 5.74) is -0.339. The number of unbranched alkanes of at least 4 members (excludes halogenated alkanes) is 9. The van der Waals surface area contributed by atoms with E-state index in [1.54, 1.807) is 4.90 Å². The topological polar surface area (TPSA) is 143 Å². The van der Waals surface area contributed by atoms with Gasteiger partial charge in [0.25, 0.3) is 0 Å². The molecule has 0 aliphatic carbocycles. The monoisotopic (exact) mass is 720 g/mol. The molecule has 0 bridgehead atoms. The van der Waals surface area contributed by atoms with E-state index >= 15 is 0 Å². The molecule has 10 nitrogen and oxygen atoms in total. The highest BCUT2D eigenvalue weighted by Crippen LogP contribution is 2.19. The average molecular weight is 720 g/mol. The first-order valence-electron chi connectivity index (χ1n) is 19.3. The molecular weight excluding hydrogens is 657 g/mol. The van der Waals surface area contributed by atoms with Gasteiger partial charge in [-0.2, -0.15) is 0 Å². The van der Waals surface area contributed by atoms with Gasteiger partial charge in [0.1, 0.15) is 46.3 Å². The van der Waals surface area contributed by atoms with Crippen LogP contribution in [0.15, 0.2) is 0 Å². The molecule has 0 aliphatic heterocycles. The van der Waals surface area contributed by atoms with Gasteiger partial charge < -0.3 is 4.79 Å². The van der Waals surface area contributed by atoms with Crippen LogP contribution in [0.1, 0.15) is 136 Å². The molecule has 0 saturated carbocycles. The van der Waals surface area contributed by atoms with Crippen LogP contribution in [0.4, 0.5) is 0 Å². The molecule has 0 aromatic heterocycles. The van der Waals surface area contributed by atoms with Crippen LogP contribution in [0.5, 0.6) is 0 Å². The molecule has 0 unspecified atom stereocenters. The van der Waals surface area contributed by atoms with Crippen molar-refractivity contribution in [1.29, 1.82) is 0 Å². The van der Waals surface area contributed by atoms with Crippen molar-refractivity contribution in [2.75, 3.05) is 39.3 Å². The van der Waals surface area contributed by atoms with Crippen LogP contribution >= 0.6 is 0 Å². The Bertz CT molecular complexity index is 1120. The molecule has 0 heterocycles. The molecule has 0 atom stereocenters. The van der Waals surface area contributed by atoms with E-state index in [0.29, 0.717) is 70.6 Å². The molecular formula is C39H63B3N2O8. The number of carbonyl (C=O) groups is 8. The van der Waals surface area contributed by atoms with Crippen molar-refractivity contribution in [3.05, 3.63) is 0 Å². The van der Waals surface area contributed by atoms with E-state index in [-0.39, 0.29) is 110 Å². The average Bonchev–Trinajstić information content (AvgIpc) is 3.08. The Labute approximate surface area is 317 Å². The van der Waals surface area contributed by atoms with E-state index in [1.807, 2.05) is 20.8 Å². The van der Waals surface area contributed by atoms with Gasteiger partial charge in [-0.15, -0.1) is 0 Å². The predicted molar refractivity (Wildman–Crippen MR) is 207 cm³/mol. The predicted octanol–water partition coefficient (Wildman–Crippen LogP) is 4.97. The lowest BCUT2D eigenvalue weighted by Crippen LogP contribution is -2.38. The standard InChI is InChI=1S/C39H63B3N2O8/c1-39(2,3)38(52)21-15-8-7-12-19-33(47)26-43(27-35(49)20-14-9-13-16-31(45)22-40)25-32(46)17-10-5-4-6-11-18-34(48)28-44(29-36(50)23-41)30-37(51)24-42/h4-30H2,1-3H3. The summed E-state index contributed by atoms with van der Waals surface area (Å²) < 4.78 is 0. The van der Waals surface area contributed by atoms with Gasteiger partial charge in [-0.1, -0.05) is 59.3 Å². The summed E-state index contributed by atoms with van der Waals surface area (Å²) in [4.78, 5) is 101. The number of Topliss-reactive ketones (excluding diaryl/α,β-unsaturated/α-hetero) is 8. The Morgan fingerprint density at radius 2 is 0.577 bits per heavy atom. The van der Waals surface area contributed by atoms with Crippen LogP contribution in [0.3, 0.4) is 0 Å². The number of rotatable bonds is 36.